The lowest BCUT2D eigenvalue weighted by Gasteiger charge is -2.31. The first-order valence-electron chi connectivity index (χ1n) is 11.8. The van der Waals surface area contributed by atoms with Gasteiger partial charge in [0.1, 0.15) is 5.75 Å². The van der Waals surface area contributed by atoms with Gasteiger partial charge in [-0.25, -0.2) is 8.42 Å². The molecule has 0 bridgehead atoms. The number of sulfonamides is 1. The normalized spacial score (nSPS) is 18.1. The van der Waals surface area contributed by atoms with Crippen LogP contribution in [0.3, 0.4) is 0 Å². The molecule has 34 heavy (non-hydrogen) atoms. The van der Waals surface area contributed by atoms with Crippen LogP contribution in [0.5, 0.6) is 17.2 Å². The maximum Gasteiger partial charge on any atom is 0.243 e. The van der Waals surface area contributed by atoms with Gasteiger partial charge in [0.05, 0.1) is 30.8 Å². The topological polar surface area (TPSA) is 94.2 Å². The number of carbonyl (C=O) groups excluding carboxylic acids is 1. The van der Waals surface area contributed by atoms with Crippen molar-refractivity contribution in [3.63, 3.8) is 0 Å². The highest BCUT2D eigenvalue weighted by Gasteiger charge is 2.33. The predicted octanol–water partition coefficient (Wildman–Crippen LogP) is 3.52. The Morgan fingerprint density at radius 1 is 1.09 bits per heavy atom. The molecule has 2 aliphatic heterocycles. The molecule has 8 nitrogen and oxygen atoms in total. The van der Waals surface area contributed by atoms with Crippen molar-refractivity contribution >= 4 is 15.9 Å². The van der Waals surface area contributed by atoms with Crippen LogP contribution < -0.4 is 19.5 Å². The van der Waals surface area contributed by atoms with Crippen molar-refractivity contribution in [2.75, 3.05) is 32.9 Å². The fraction of sp³-hybridized carbons (Fsp3) is 0.480. The monoisotopic (exact) mass is 488 g/mol. The van der Waals surface area contributed by atoms with E-state index in [4.69, 9.17) is 14.2 Å². The summed E-state index contributed by atoms with van der Waals surface area (Å²) in [6.45, 7) is 6.12. The zero-order valence-electron chi connectivity index (χ0n) is 19.7. The molecule has 1 atom stereocenters. The molecule has 1 saturated heterocycles. The van der Waals surface area contributed by atoms with E-state index in [2.05, 4.69) is 5.32 Å². The van der Waals surface area contributed by atoms with Crippen molar-refractivity contribution in [3.8, 4) is 17.2 Å². The van der Waals surface area contributed by atoms with Gasteiger partial charge in [-0.2, -0.15) is 4.31 Å². The second-order valence-corrected chi connectivity index (χ2v) is 10.5. The molecule has 2 aliphatic rings. The molecule has 0 unspecified atom stereocenters. The number of nitrogens with zero attached hydrogens (tertiary/aromatic N) is 1. The van der Waals surface area contributed by atoms with E-state index in [-0.39, 0.29) is 22.8 Å². The minimum absolute atomic E-state index is 0.0472. The number of amides is 1. The van der Waals surface area contributed by atoms with E-state index in [1.54, 1.807) is 12.1 Å². The quantitative estimate of drug-likeness (QED) is 0.641. The van der Waals surface area contributed by atoms with Gasteiger partial charge in [0.2, 0.25) is 15.9 Å². The Morgan fingerprint density at radius 3 is 2.44 bits per heavy atom. The summed E-state index contributed by atoms with van der Waals surface area (Å²) < 4.78 is 44.5. The summed E-state index contributed by atoms with van der Waals surface area (Å²) in [7, 11) is -3.68. The summed E-state index contributed by atoms with van der Waals surface area (Å²) in [5.74, 6) is 1.55. The fourth-order valence-electron chi connectivity index (χ4n) is 4.25. The third-order valence-corrected chi connectivity index (χ3v) is 8.13. The molecule has 1 amide bonds. The Hall–Kier alpha value is -2.78. The standard InChI is InChI=1S/C25H32N2O6S/c1-3-31-21-7-5-19(6-8-21)18(2)26-25(28)20-11-13-27(14-12-20)34(29,30)22-9-10-23-24(17-22)33-16-4-15-32-23/h5-10,17-18,20H,3-4,11-16H2,1-2H3,(H,26,28)/t18-/m0/s1. The van der Waals surface area contributed by atoms with Gasteiger partial charge < -0.3 is 19.5 Å². The number of hydrogen-bond acceptors (Lipinski definition) is 6. The number of benzene rings is 2. The molecule has 0 radical (unpaired) electrons. The van der Waals surface area contributed by atoms with Gasteiger partial charge in [-0.15, -0.1) is 0 Å². The molecule has 9 heteroatoms. The smallest absolute Gasteiger partial charge is 0.243 e. The van der Waals surface area contributed by atoms with Gasteiger partial charge in [0, 0.05) is 31.5 Å². The van der Waals surface area contributed by atoms with Crippen LogP contribution in [0.4, 0.5) is 0 Å². The number of hydrogen-bond donors (Lipinski definition) is 1. The third-order valence-electron chi connectivity index (χ3n) is 6.23. The van der Waals surface area contributed by atoms with E-state index in [1.807, 2.05) is 38.1 Å². The molecule has 0 aliphatic carbocycles. The van der Waals surface area contributed by atoms with Crippen LogP contribution in [-0.2, 0) is 14.8 Å². The van der Waals surface area contributed by atoms with Crippen molar-refractivity contribution in [2.45, 2.75) is 44.0 Å². The fourth-order valence-corrected chi connectivity index (χ4v) is 5.73. The molecule has 1 N–H and O–H groups in total. The predicted molar refractivity (Wildman–Crippen MR) is 128 cm³/mol. The first-order valence-corrected chi connectivity index (χ1v) is 13.3. The van der Waals surface area contributed by atoms with Crippen LogP contribution in [0.1, 0.15) is 44.7 Å². The van der Waals surface area contributed by atoms with Crippen molar-refractivity contribution in [2.24, 2.45) is 5.92 Å². The highest BCUT2D eigenvalue weighted by Crippen LogP contribution is 2.34. The SMILES string of the molecule is CCOc1ccc([C@H](C)NC(=O)C2CCN(S(=O)(=O)c3ccc4c(c3)OCCCO4)CC2)cc1. The summed E-state index contributed by atoms with van der Waals surface area (Å²) in [4.78, 5) is 13.0. The first-order chi connectivity index (χ1) is 16.4. The van der Waals surface area contributed by atoms with E-state index in [1.165, 1.54) is 10.4 Å². The number of nitrogens with one attached hydrogen (secondary N) is 1. The molecule has 4 rings (SSSR count). The molecule has 2 aromatic rings. The molecule has 0 saturated carbocycles. The van der Waals surface area contributed by atoms with Crippen LogP contribution in [-0.4, -0.2) is 51.5 Å². The van der Waals surface area contributed by atoms with E-state index in [0.29, 0.717) is 57.3 Å². The molecule has 2 aromatic carbocycles. The van der Waals surface area contributed by atoms with Crippen LogP contribution in [0.25, 0.3) is 0 Å². The summed E-state index contributed by atoms with van der Waals surface area (Å²) in [6.07, 6.45) is 1.71. The second-order valence-electron chi connectivity index (χ2n) is 8.57. The lowest BCUT2D eigenvalue weighted by molar-refractivity contribution is -0.126. The van der Waals surface area contributed by atoms with Crippen molar-refractivity contribution < 1.29 is 27.4 Å². The zero-order valence-corrected chi connectivity index (χ0v) is 20.5. The van der Waals surface area contributed by atoms with Crippen molar-refractivity contribution in [1.29, 1.82) is 0 Å². The van der Waals surface area contributed by atoms with Crippen molar-refractivity contribution in [3.05, 3.63) is 48.0 Å². The number of fused-ring (bicyclic) bond motifs is 1. The van der Waals surface area contributed by atoms with E-state index in [9.17, 15) is 13.2 Å². The Balaban J connectivity index is 1.34. The molecule has 1 fully saturated rings. The summed E-state index contributed by atoms with van der Waals surface area (Å²) in [6, 6.07) is 12.3. The minimum atomic E-state index is -3.68. The summed E-state index contributed by atoms with van der Waals surface area (Å²) in [5, 5.41) is 3.06. The van der Waals surface area contributed by atoms with E-state index in [0.717, 1.165) is 17.7 Å². The van der Waals surface area contributed by atoms with Crippen LogP contribution in [0.2, 0.25) is 0 Å². The first kappa shape index (κ1) is 24.3. The molecular formula is C25H32N2O6S. The largest absolute Gasteiger partial charge is 0.494 e. The van der Waals surface area contributed by atoms with Gasteiger partial charge in [-0.05, 0) is 56.5 Å². The van der Waals surface area contributed by atoms with Crippen LogP contribution in [0.15, 0.2) is 47.4 Å². The Bertz CT molecular complexity index is 1090. The average molecular weight is 489 g/mol. The molecular weight excluding hydrogens is 456 g/mol. The molecule has 0 aromatic heterocycles. The van der Waals surface area contributed by atoms with Gasteiger partial charge in [0.25, 0.3) is 0 Å². The second kappa shape index (κ2) is 10.7. The third kappa shape index (κ3) is 5.47. The highest BCUT2D eigenvalue weighted by atomic mass is 32.2. The zero-order chi connectivity index (χ0) is 24.1. The molecule has 0 spiro atoms. The lowest BCUT2D eigenvalue weighted by Crippen LogP contribution is -2.43. The summed E-state index contributed by atoms with van der Waals surface area (Å²) >= 11 is 0. The Kier molecular flexibility index (Phi) is 7.63. The van der Waals surface area contributed by atoms with E-state index < -0.39 is 10.0 Å². The summed E-state index contributed by atoms with van der Waals surface area (Å²) in [5.41, 5.74) is 0.992. The van der Waals surface area contributed by atoms with Gasteiger partial charge in [-0.3, -0.25) is 4.79 Å². The number of carbonyl (C=O) groups is 1. The van der Waals surface area contributed by atoms with E-state index >= 15 is 0 Å². The Labute approximate surface area is 201 Å². The maximum atomic E-state index is 13.2. The van der Waals surface area contributed by atoms with Gasteiger partial charge >= 0.3 is 0 Å². The van der Waals surface area contributed by atoms with Gasteiger partial charge in [-0.1, -0.05) is 12.1 Å². The average Bonchev–Trinajstić information content (AvgIpc) is 3.09. The molecule has 2 heterocycles. The number of ether oxygens (including phenoxy) is 3. The Morgan fingerprint density at radius 2 is 1.76 bits per heavy atom. The number of piperidine rings is 1. The lowest BCUT2D eigenvalue weighted by atomic mass is 9.96. The molecule has 184 valence electrons. The van der Waals surface area contributed by atoms with Crippen LogP contribution in [0, 0.1) is 5.92 Å². The number of rotatable bonds is 7. The minimum Gasteiger partial charge on any atom is -0.494 e. The van der Waals surface area contributed by atoms with Crippen LogP contribution >= 0.6 is 0 Å². The maximum absolute atomic E-state index is 13.2. The highest BCUT2D eigenvalue weighted by molar-refractivity contribution is 7.89. The van der Waals surface area contributed by atoms with Crippen molar-refractivity contribution in [1.82, 2.24) is 9.62 Å². The van der Waals surface area contributed by atoms with Gasteiger partial charge in [0.15, 0.2) is 11.5 Å².